The summed E-state index contributed by atoms with van der Waals surface area (Å²) in [6, 6.07) is 6.95. The average molecular weight is 234 g/mol. The van der Waals surface area contributed by atoms with Gasteiger partial charge >= 0.3 is 0 Å². The molecule has 1 heterocycles. The van der Waals surface area contributed by atoms with Gasteiger partial charge in [0.1, 0.15) is 5.75 Å². The number of hydrogen-bond acceptors (Lipinski definition) is 3. The SMILES string of the molecule is CCNCC1c2ccc(OC)cc2CCN1C. The molecule has 1 aromatic carbocycles. The molecule has 0 aliphatic carbocycles. The molecule has 1 atom stereocenters. The average Bonchev–Trinajstić information content (AvgIpc) is 2.37. The van der Waals surface area contributed by atoms with Crippen LogP contribution < -0.4 is 10.1 Å². The lowest BCUT2D eigenvalue weighted by atomic mass is 9.92. The van der Waals surface area contributed by atoms with Crippen molar-refractivity contribution >= 4 is 0 Å². The van der Waals surface area contributed by atoms with Crippen LogP contribution in [-0.2, 0) is 6.42 Å². The van der Waals surface area contributed by atoms with Gasteiger partial charge < -0.3 is 10.1 Å². The molecular formula is C14H22N2O. The number of rotatable bonds is 4. The quantitative estimate of drug-likeness (QED) is 0.860. The van der Waals surface area contributed by atoms with E-state index < -0.39 is 0 Å². The zero-order valence-electron chi connectivity index (χ0n) is 11.0. The predicted octanol–water partition coefficient (Wildman–Crippen LogP) is 1.83. The topological polar surface area (TPSA) is 24.5 Å². The lowest BCUT2D eigenvalue weighted by Gasteiger charge is -2.35. The molecule has 17 heavy (non-hydrogen) atoms. The van der Waals surface area contributed by atoms with Gasteiger partial charge in [0.25, 0.3) is 0 Å². The Hall–Kier alpha value is -1.06. The van der Waals surface area contributed by atoms with Gasteiger partial charge in [-0.05, 0) is 43.3 Å². The maximum atomic E-state index is 5.29. The van der Waals surface area contributed by atoms with Crippen LogP contribution in [0.25, 0.3) is 0 Å². The minimum absolute atomic E-state index is 0.490. The van der Waals surface area contributed by atoms with Crippen molar-refractivity contribution in [2.75, 3.05) is 33.8 Å². The summed E-state index contributed by atoms with van der Waals surface area (Å²) >= 11 is 0. The fourth-order valence-corrected chi connectivity index (χ4v) is 2.49. The van der Waals surface area contributed by atoms with Crippen LogP contribution in [-0.4, -0.2) is 38.7 Å². The summed E-state index contributed by atoms with van der Waals surface area (Å²) in [5.41, 5.74) is 2.88. The van der Waals surface area contributed by atoms with E-state index in [-0.39, 0.29) is 0 Å². The van der Waals surface area contributed by atoms with E-state index in [2.05, 4.69) is 42.4 Å². The van der Waals surface area contributed by atoms with Gasteiger partial charge in [-0.25, -0.2) is 0 Å². The monoisotopic (exact) mass is 234 g/mol. The number of fused-ring (bicyclic) bond motifs is 1. The fraction of sp³-hybridized carbons (Fsp3) is 0.571. The van der Waals surface area contributed by atoms with E-state index in [9.17, 15) is 0 Å². The van der Waals surface area contributed by atoms with Crippen molar-refractivity contribution in [3.63, 3.8) is 0 Å². The van der Waals surface area contributed by atoms with Gasteiger partial charge in [0.15, 0.2) is 0 Å². The highest BCUT2D eigenvalue weighted by Gasteiger charge is 2.24. The van der Waals surface area contributed by atoms with Crippen molar-refractivity contribution in [1.29, 1.82) is 0 Å². The molecule has 3 nitrogen and oxygen atoms in total. The van der Waals surface area contributed by atoms with Crippen LogP contribution >= 0.6 is 0 Å². The van der Waals surface area contributed by atoms with E-state index in [1.54, 1.807) is 7.11 Å². The second kappa shape index (κ2) is 5.52. The van der Waals surface area contributed by atoms with Crippen LogP contribution in [0.4, 0.5) is 0 Å². The lowest BCUT2D eigenvalue weighted by molar-refractivity contribution is 0.225. The molecule has 1 aromatic rings. The first kappa shape index (κ1) is 12.4. The van der Waals surface area contributed by atoms with E-state index in [0.717, 1.165) is 31.8 Å². The second-order valence-corrected chi connectivity index (χ2v) is 4.62. The molecule has 1 N–H and O–H groups in total. The molecule has 0 saturated carbocycles. The summed E-state index contributed by atoms with van der Waals surface area (Å²) in [5, 5.41) is 3.44. The Morgan fingerprint density at radius 2 is 2.29 bits per heavy atom. The summed E-state index contributed by atoms with van der Waals surface area (Å²) in [4.78, 5) is 2.43. The highest BCUT2D eigenvalue weighted by molar-refractivity contribution is 5.39. The molecule has 2 rings (SSSR count). The van der Waals surface area contributed by atoms with Crippen molar-refractivity contribution in [2.45, 2.75) is 19.4 Å². The van der Waals surface area contributed by atoms with Crippen LogP contribution in [0.5, 0.6) is 5.75 Å². The number of benzene rings is 1. The van der Waals surface area contributed by atoms with Gasteiger partial charge in [-0.2, -0.15) is 0 Å². The predicted molar refractivity (Wildman–Crippen MR) is 70.6 cm³/mol. The Kier molecular flexibility index (Phi) is 4.02. The van der Waals surface area contributed by atoms with Gasteiger partial charge in [0.05, 0.1) is 7.11 Å². The zero-order chi connectivity index (χ0) is 12.3. The molecule has 1 aliphatic heterocycles. The van der Waals surface area contributed by atoms with E-state index in [1.165, 1.54) is 11.1 Å². The van der Waals surface area contributed by atoms with E-state index in [1.807, 2.05) is 0 Å². The summed E-state index contributed by atoms with van der Waals surface area (Å²) in [6.45, 7) is 5.32. The summed E-state index contributed by atoms with van der Waals surface area (Å²) < 4.78 is 5.29. The molecule has 0 amide bonds. The third-order valence-corrected chi connectivity index (χ3v) is 3.56. The third kappa shape index (κ3) is 2.61. The first-order valence-corrected chi connectivity index (χ1v) is 6.34. The van der Waals surface area contributed by atoms with Crippen molar-refractivity contribution < 1.29 is 4.74 Å². The Morgan fingerprint density at radius 1 is 1.47 bits per heavy atom. The van der Waals surface area contributed by atoms with Crippen molar-refractivity contribution in [1.82, 2.24) is 10.2 Å². The molecule has 0 fully saturated rings. The first-order chi connectivity index (χ1) is 8.26. The van der Waals surface area contributed by atoms with Crippen LogP contribution in [0, 0.1) is 0 Å². The summed E-state index contributed by atoms with van der Waals surface area (Å²) in [7, 11) is 3.93. The molecule has 3 heteroatoms. The van der Waals surface area contributed by atoms with Gasteiger partial charge in [-0.1, -0.05) is 13.0 Å². The number of nitrogens with one attached hydrogen (secondary N) is 1. The maximum Gasteiger partial charge on any atom is 0.119 e. The Morgan fingerprint density at radius 3 is 3.00 bits per heavy atom. The number of likely N-dealkylation sites (N-methyl/N-ethyl adjacent to an activating group) is 2. The Labute approximate surface area is 104 Å². The minimum atomic E-state index is 0.490. The standard InChI is InChI=1S/C14H22N2O/c1-4-15-10-14-13-6-5-12(17-3)9-11(13)7-8-16(14)2/h5-6,9,14-15H,4,7-8,10H2,1-3H3. The van der Waals surface area contributed by atoms with Crippen LogP contribution in [0.2, 0.25) is 0 Å². The molecule has 1 unspecified atom stereocenters. The van der Waals surface area contributed by atoms with Gasteiger partial charge in [-0.15, -0.1) is 0 Å². The van der Waals surface area contributed by atoms with E-state index in [0.29, 0.717) is 6.04 Å². The highest BCUT2D eigenvalue weighted by Crippen LogP contribution is 2.30. The summed E-state index contributed by atoms with van der Waals surface area (Å²) in [6.07, 6.45) is 1.12. The molecule has 0 bridgehead atoms. The smallest absolute Gasteiger partial charge is 0.119 e. The second-order valence-electron chi connectivity index (χ2n) is 4.62. The minimum Gasteiger partial charge on any atom is -0.497 e. The van der Waals surface area contributed by atoms with Crippen molar-refractivity contribution in [3.8, 4) is 5.75 Å². The Bertz CT molecular complexity index is 378. The molecule has 94 valence electrons. The van der Waals surface area contributed by atoms with Crippen LogP contribution in [0.1, 0.15) is 24.1 Å². The van der Waals surface area contributed by atoms with Crippen LogP contribution in [0.3, 0.4) is 0 Å². The van der Waals surface area contributed by atoms with Gasteiger partial charge in [0.2, 0.25) is 0 Å². The number of methoxy groups -OCH3 is 1. The molecule has 0 spiro atoms. The largest absolute Gasteiger partial charge is 0.497 e. The first-order valence-electron chi connectivity index (χ1n) is 6.34. The van der Waals surface area contributed by atoms with Crippen molar-refractivity contribution in [3.05, 3.63) is 29.3 Å². The molecular weight excluding hydrogens is 212 g/mol. The van der Waals surface area contributed by atoms with Gasteiger partial charge in [-0.3, -0.25) is 4.90 Å². The molecule has 0 radical (unpaired) electrons. The summed E-state index contributed by atoms with van der Waals surface area (Å²) in [5.74, 6) is 0.968. The Balaban J connectivity index is 2.24. The van der Waals surface area contributed by atoms with Crippen LogP contribution in [0.15, 0.2) is 18.2 Å². The number of nitrogens with zero attached hydrogens (tertiary/aromatic N) is 1. The third-order valence-electron chi connectivity index (χ3n) is 3.56. The van der Waals surface area contributed by atoms with E-state index >= 15 is 0 Å². The normalized spacial score (nSPS) is 20.1. The zero-order valence-corrected chi connectivity index (χ0v) is 11.0. The molecule has 1 aliphatic rings. The van der Waals surface area contributed by atoms with Gasteiger partial charge in [0, 0.05) is 19.1 Å². The lowest BCUT2D eigenvalue weighted by Crippen LogP contribution is -2.38. The highest BCUT2D eigenvalue weighted by atomic mass is 16.5. The fourth-order valence-electron chi connectivity index (χ4n) is 2.49. The number of hydrogen-bond donors (Lipinski definition) is 1. The van der Waals surface area contributed by atoms with Crippen molar-refractivity contribution in [2.24, 2.45) is 0 Å². The number of ether oxygens (including phenoxy) is 1. The molecule has 0 aromatic heterocycles. The maximum absolute atomic E-state index is 5.29. The molecule has 0 saturated heterocycles. The van der Waals surface area contributed by atoms with E-state index in [4.69, 9.17) is 4.74 Å².